The van der Waals surface area contributed by atoms with E-state index in [1.54, 1.807) is 6.92 Å². The SMILES string of the molecule is CCOS(=O)(=O)CCN1C(=O)CSC1=S. The predicted molar refractivity (Wildman–Crippen MR) is 62.2 cm³/mol. The molecule has 0 spiro atoms. The minimum atomic E-state index is -3.53. The fourth-order valence-corrected chi connectivity index (χ4v) is 3.04. The average Bonchev–Trinajstić information content (AvgIpc) is 2.44. The highest BCUT2D eigenvalue weighted by Crippen LogP contribution is 2.18. The van der Waals surface area contributed by atoms with Gasteiger partial charge in [0.25, 0.3) is 10.1 Å². The molecule has 5 nitrogen and oxygen atoms in total. The number of carbonyl (C=O) groups is 1. The lowest BCUT2D eigenvalue weighted by Crippen LogP contribution is -2.33. The number of hydrogen-bond acceptors (Lipinski definition) is 6. The second kappa shape index (κ2) is 5.24. The molecule has 1 amide bonds. The summed E-state index contributed by atoms with van der Waals surface area (Å²) < 4.78 is 27.4. The molecule has 1 rings (SSSR count). The summed E-state index contributed by atoms with van der Waals surface area (Å²) in [6, 6.07) is 0. The summed E-state index contributed by atoms with van der Waals surface area (Å²) in [5.74, 6) is -0.0578. The molecular formula is C7H11NO4S3. The van der Waals surface area contributed by atoms with Crippen LogP contribution in [0.5, 0.6) is 0 Å². The van der Waals surface area contributed by atoms with E-state index in [1.807, 2.05) is 0 Å². The van der Waals surface area contributed by atoms with Crippen molar-refractivity contribution in [2.24, 2.45) is 0 Å². The first-order valence-corrected chi connectivity index (χ1v) is 7.27. The van der Waals surface area contributed by atoms with Crippen LogP contribution in [0, 0.1) is 0 Å². The molecular weight excluding hydrogens is 258 g/mol. The number of nitrogens with zero attached hydrogens (tertiary/aromatic N) is 1. The highest BCUT2D eigenvalue weighted by Gasteiger charge is 2.27. The zero-order valence-electron chi connectivity index (χ0n) is 8.13. The standard InChI is InChI=1S/C7H11NO4S3/c1-2-12-15(10,11)4-3-8-6(9)5-14-7(8)13/h2-5H2,1H3. The van der Waals surface area contributed by atoms with Gasteiger partial charge in [-0.1, -0.05) is 24.0 Å². The van der Waals surface area contributed by atoms with Gasteiger partial charge in [0.1, 0.15) is 4.32 Å². The maximum Gasteiger partial charge on any atom is 0.269 e. The van der Waals surface area contributed by atoms with Crippen molar-refractivity contribution in [2.75, 3.05) is 24.7 Å². The monoisotopic (exact) mass is 269 g/mol. The summed E-state index contributed by atoms with van der Waals surface area (Å²) >= 11 is 6.15. The van der Waals surface area contributed by atoms with Gasteiger partial charge in [-0.3, -0.25) is 13.9 Å². The lowest BCUT2D eigenvalue weighted by Gasteiger charge is -2.14. The van der Waals surface area contributed by atoms with Crippen LogP contribution in [0.4, 0.5) is 0 Å². The topological polar surface area (TPSA) is 63.7 Å². The number of thioether (sulfide) groups is 1. The van der Waals surface area contributed by atoms with Crippen LogP contribution in [-0.2, 0) is 19.1 Å². The molecule has 1 aliphatic rings. The van der Waals surface area contributed by atoms with Crippen molar-refractivity contribution >= 4 is 44.3 Å². The minimum absolute atomic E-state index is 0.0764. The molecule has 8 heteroatoms. The molecule has 15 heavy (non-hydrogen) atoms. The summed E-state index contributed by atoms with van der Waals surface area (Å²) in [6.07, 6.45) is 0. The van der Waals surface area contributed by atoms with Gasteiger partial charge in [0.2, 0.25) is 5.91 Å². The lowest BCUT2D eigenvalue weighted by molar-refractivity contribution is -0.123. The zero-order chi connectivity index (χ0) is 11.5. The molecule has 0 aromatic rings. The Kier molecular flexibility index (Phi) is 4.50. The Labute approximate surface area is 98.3 Å². The van der Waals surface area contributed by atoms with Crippen molar-refractivity contribution in [3.05, 3.63) is 0 Å². The zero-order valence-corrected chi connectivity index (χ0v) is 10.6. The van der Waals surface area contributed by atoms with Crippen molar-refractivity contribution in [1.82, 2.24) is 4.90 Å². The molecule has 1 heterocycles. The maximum atomic E-state index is 11.2. The van der Waals surface area contributed by atoms with Crippen LogP contribution >= 0.6 is 24.0 Å². The molecule has 0 unspecified atom stereocenters. The third kappa shape index (κ3) is 3.71. The lowest BCUT2D eigenvalue weighted by atomic mass is 10.5. The number of carbonyl (C=O) groups excluding carboxylic acids is 1. The first kappa shape index (κ1) is 12.9. The first-order valence-electron chi connectivity index (χ1n) is 4.30. The van der Waals surface area contributed by atoms with Crippen molar-refractivity contribution < 1.29 is 17.4 Å². The summed E-state index contributed by atoms with van der Waals surface area (Å²) in [6.45, 7) is 1.78. The molecule has 0 aliphatic carbocycles. The van der Waals surface area contributed by atoms with Gasteiger partial charge in [-0.2, -0.15) is 8.42 Å². The first-order chi connectivity index (χ1) is 6.96. The van der Waals surface area contributed by atoms with Crippen LogP contribution in [0.1, 0.15) is 6.92 Å². The summed E-state index contributed by atoms with van der Waals surface area (Å²) in [5.41, 5.74) is 0. The predicted octanol–water partition coefficient (Wildman–Crippen LogP) is 0.213. The third-order valence-electron chi connectivity index (χ3n) is 1.70. The van der Waals surface area contributed by atoms with Crippen LogP contribution < -0.4 is 0 Å². The van der Waals surface area contributed by atoms with E-state index >= 15 is 0 Å². The number of hydrogen-bond donors (Lipinski definition) is 0. The van der Waals surface area contributed by atoms with Gasteiger partial charge in [0, 0.05) is 6.54 Å². The average molecular weight is 269 g/mol. The van der Waals surface area contributed by atoms with Crippen LogP contribution in [0.2, 0.25) is 0 Å². The largest absolute Gasteiger partial charge is 0.296 e. The maximum absolute atomic E-state index is 11.2. The molecule has 0 aromatic heterocycles. The Morgan fingerprint density at radius 2 is 2.27 bits per heavy atom. The molecule has 1 fully saturated rings. The Bertz CT molecular complexity index is 348. The third-order valence-corrected chi connectivity index (χ3v) is 4.41. The highest BCUT2D eigenvalue weighted by atomic mass is 32.2. The van der Waals surface area contributed by atoms with Gasteiger partial charge in [-0.25, -0.2) is 0 Å². The van der Waals surface area contributed by atoms with E-state index in [0.717, 1.165) is 0 Å². The van der Waals surface area contributed by atoms with Crippen LogP contribution in [0.25, 0.3) is 0 Å². The van der Waals surface area contributed by atoms with Gasteiger partial charge in [-0.15, -0.1) is 0 Å². The molecule has 1 saturated heterocycles. The molecule has 0 aromatic carbocycles. The molecule has 0 atom stereocenters. The Balaban J connectivity index is 2.50. The molecule has 86 valence electrons. The molecule has 0 bridgehead atoms. The van der Waals surface area contributed by atoms with E-state index < -0.39 is 10.1 Å². The van der Waals surface area contributed by atoms with Crippen molar-refractivity contribution in [2.45, 2.75) is 6.92 Å². The van der Waals surface area contributed by atoms with Gasteiger partial charge >= 0.3 is 0 Å². The van der Waals surface area contributed by atoms with E-state index in [0.29, 0.717) is 10.1 Å². The second-order valence-corrected chi connectivity index (χ2v) is 6.14. The Morgan fingerprint density at radius 1 is 1.60 bits per heavy atom. The fraction of sp³-hybridized carbons (Fsp3) is 0.714. The Hall–Kier alpha value is -0.180. The highest BCUT2D eigenvalue weighted by molar-refractivity contribution is 8.23. The van der Waals surface area contributed by atoms with E-state index in [-0.39, 0.29) is 24.8 Å². The smallest absolute Gasteiger partial charge is 0.269 e. The fourth-order valence-electron chi connectivity index (χ4n) is 1.04. The number of rotatable bonds is 5. The Morgan fingerprint density at radius 3 is 2.73 bits per heavy atom. The van der Waals surface area contributed by atoms with Crippen LogP contribution in [0.3, 0.4) is 0 Å². The van der Waals surface area contributed by atoms with Crippen molar-refractivity contribution in [3.8, 4) is 0 Å². The van der Waals surface area contributed by atoms with Crippen molar-refractivity contribution in [3.63, 3.8) is 0 Å². The second-order valence-electron chi connectivity index (χ2n) is 2.77. The summed E-state index contributed by atoms with van der Waals surface area (Å²) in [7, 11) is -3.53. The molecule has 0 radical (unpaired) electrons. The van der Waals surface area contributed by atoms with Gasteiger partial charge in [0.15, 0.2) is 0 Å². The molecule has 0 saturated carbocycles. The normalized spacial score (nSPS) is 17.5. The van der Waals surface area contributed by atoms with E-state index in [4.69, 9.17) is 12.2 Å². The molecule has 0 N–H and O–H groups in total. The van der Waals surface area contributed by atoms with E-state index in [2.05, 4.69) is 4.18 Å². The van der Waals surface area contributed by atoms with Gasteiger partial charge in [0.05, 0.1) is 18.1 Å². The van der Waals surface area contributed by atoms with Crippen LogP contribution in [0.15, 0.2) is 0 Å². The van der Waals surface area contributed by atoms with E-state index in [1.165, 1.54) is 16.7 Å². The number of amides is 1. The summed E-state index contributed by atoms with van der Waals surface area (Å²) in [4.78, 5) is 12.5. The van der Waals surface area contributed by atoms with Gasteiger partial charge in [-0.05, 0) is 6.92 Å². The molecule has 1 aliphatic heterocycles. The van der Waals surface area contributed by atoms with Crippen molar-refractivity contribution in [1.29, 1.82) is 0 Å². The number of thiocarbonyl (C=S) groups is 1. The quantitative estimate of drug-likeness (QED) is 0.525. The van der Waals surface area contributed by atoms with Crippen LogP contribution in [-0.4, -0.2) is 48.2 Å². The summed E-state index contributed by atoms with van der Waals surface area (Å²) in [5, 5.41) is 0. The minimum Gasteiger partial charge on any atom is -0.296 e. The van der Waals surface area contributed by atoms with E-state index in [9.17, 15) is 13.2 Å². The van der Waals surface area contributed by atoms with Gasteiger partial charge < -0.3 is 0 Å².